The highest BCUT2D eigenvalue weighted by atomic mass is 32.1. The SMILES string of the molecule is CC(N)=NCc1cc(C)cs1. The molecule has 0 aliphatic heterocycles. The van der Waals surface area contributed by atoms with Crippen molar-refractivity contribution in [3.05, 3.63) is 21.9 Å². The van der Waals surface area contributed by atoms with E-state index in [0.717, 1.165) is 6.54 Å². The summed E-state index contributed by atoms with van der Waals surface area (Å²) in [6.45, 7) is 4.61. The van der Waals surface area contributed by atoms with Crippen LogP contribution in [0.2, 0.25) is 0 Å². The van der Waals surface area contributed by atoms with E-state index in [1.54, 1.807) is 18.3 Å². The molecule has 1 aromatic rings. The smallest absolute Gasteiger partial charge is 0.0910 e. The first-order chi connectivity index (χ1) is 5.18. The minimum absolute atomic E-state index is 0.649. The Morgan fingerprint density at radius 3 is 2.91 bits per heavy atom. The summed E-state index contributed by atoms with van der Waals surface area (Å²) >= 11 is 1.73. The number of amidine groups is 1. The van der Waals surface area contributed by atoms with Crippen molar-refractivity contribution in [2.24, 2.45) is 10.7 Å². The molecule has 60 valence electrons. The molecule has 1 rings (SSSR count). The maximum Gasteiger partial charge on any atom is 0.0910 e. The van der Waals surface area contributed by atoms with Gasteiger partial charge in [-0.15, -0.1) is 11.3 Å². The summed E-state index contributed by atoms with van der Waals surface area (Å²) in [7, 11) is 0. The summed E-state index contributed by atoms with van der Waals surface area (Å²) in [6.07, 6.45) is 0. The number of nitrogens with two attached hydrogens (primary N) is 1. The third-order valence-corrected chi connectivity index (χ3v) is 2.31. The fourth-order valence-electron chi connectivity index (χ4n) is 0.776. The van der Waals surface area contributed by atoms with Crippen LogP contribution >= 0.6 is 11.3 Å². The highest BCUT2D eigenvalue weighted by Crippen LogP contribution is 2.14. The van der Waals surface area contributed by atoms with Gasteiger partial charge in [-0.3, -0.25) is 4.99 Å². The summed E-state index contributed by atoms with van der Waals surface area (Å²) in [6, 6.07) is 2.14. The van der Waals surface area contributed by atoms with E-state index in [4.69, 9.17) is 5.73 Å². The van der Waals surface area contributed by atoms with Gasteiger partial charge in [0.05, 0.1) is 12.4 Å². The second kappa shape index (κ2) is 3.53. The first kappa shape index (κ1) is 8.27. The van der Waals surface area contributed by atoms with Gasteiger partial charge in [0.1, 0.15) is 0 Å². The van der Waals surface area contributed by atoms with Crippen LogP contribution < -0.4 is 5.73 Å². The Labute approximate surface area is 70.8 Å². The summed E-state index contributed by atoms with van der Waals surface area (Å²) < 4.78 is 0. The number of aliphatic imine (C=N–C) groups is 1. The Morgan fingerprint density at radius 2 is 2.45 bits per heavy atom. The van der Waals surface area contributed by atoms with Crippen LogP contribution in [0, 0.1) is 6.92 Å². The first-order valence-electron chi connectivity index (χ1n) is 3.49. The van der Waals surface area contributed by atoms with Crippen LogP contribution in [0.3, 0.4) is 0 Å². The van der Waals surface area contributed by atoms with Crippen LogP contribution in [0.4, 0.5) is 0 Å². The van der Waals surface area contributed by atoms with Crippen LogP contribution in [0.25, 0.3) is 0 Å². The van der Waals surface area contributed by atoms with E-state index in [1.807, 2.05) is 0 Å². The lowest BCUT2D eigenvalue weighted by atomic mass is 10.3. The zero-order valence-electron chi connectivity index (χ0n) is 6.79. The van der Waals surface area contributed by atoms with E-state index in [2.05, 4.69) is 23.4 Å². The molecule has 1 aromatic heterocycles. The van der Waals surface area contributed by atoms with Crippen LogP contribution in [-0.4, -0.2) is 5.84 Å². The van der Waals surface area contributed by atoms with E-state index < -0.39 is 0 Å². The van der Waals surface area contributed by atoms with Crippen molar-refractivity contribution in [1.82, 2.24) is 0 Å². The van der Waals surface area contributed by atoms with E-state index in [-0.39, 0.29) is 0 Å². The molecule has 2 nitrogen and oxygen atoms in total. The third-order valence-electron chi connectivity index (χ3n) is 1.27. The Balaban J connectivity index is 2.58. The quantitative estimate of drug-likeness (QED) is 0.532. The van der Waals surface area contributed by atoms with Gasteiger partial charge in [-0.2, -0.15) is 0 Å². The van der Waals surface area contributed by atoms with Crippen LogP contribution in [0.5, 0.6) is 0 Å². The Hall–Kier alpha value is -0.830. The van der Waals surface area contributed by atoms with Crippen molar-refractivity contribution >= 4 is 17.2 Å². The zero-order valence-corrected chi connectivity index (χ0v) is 7.61. The minimum atomic E-state index is 0.649. The summed E-state index contributed by atoms with van der Waals surface area (Å²) in [5.74, 6) is 0.649. The van der Waals surface area contributed by atoms with Gasteiger partial charge in [0.2, 0.25) is 0 Å². The lowest BCUT2D eigenvalue weighted by molar-refractivity contribution is 1.09. The molecule has 0 spiro atoms. The van der Waals surface area contributed by atoms with Crippen molar-refractivity contribution in [3.63, 3.8) is 0 Å². The highest BCUT2D eigenvalue weighted by Gasteiger charge is 1.93. The van der Waals surface area contributed by atoms with Gasteiger partial charge in [-0.05, 0) is 30.9 Å². The van der Waals surface area contributed by atoms with Crippen molar-refractivity contribution in [3.8, 4) is 0 Å². The second-order valence-electron chi connectivity index (χ2n) is 2.55. The van der Waals surface area contributed by atoms with Crippen molar-refractivity contribution in [1.29, 1.82) is 0 Å². The molecule has 0 fully saturated rings. The molecule has 0 saturated carbocycles. The van der Waals surface area contributed by atoms with Gasteiger partial charge in [-0.25, -0.2) is 0 Å². The largest absolute Gasteiger partial charge is 0.388 e. The molecule has 0 aromatic carbocycles. The molecule has 0 atom stereocenters. The molecule has 0 unspecified atom stereocenters. The predicted molar refractivity (Wildman–Crippen MR) is 50.1 cm³/mol. The van der Waals surface area contributed by atoms with Gasteiger partial charge < -0.3 is 5.73 Å². The van der Waals surface area contributed by atoms with Crippen LogP contribution in [0.1, 0.15) is 17.4 Å². The molecule has 0 saturated heterocycles. The molecule has 0 aliphatic rings. The lowest BCUT2D eigenvalue weighted by Crippen LogP contribution is -2.04. The number of aryl methyl sites for hydroxylation is 1. The van der Waals surface area contributed by atoms with Crippen molar-refractivity contribution in [2.75, 3.05) is 0 Å². The number of hydrogen-bond acceptors (Lipinski definition) is 2. The molecule has 0 amide bonds. The van der Waals surface area contributed by atoms with Crippen molar-refractivity contribution < 1.29 is 0 Å². The fraction of sp³-hybridized carbons (Fsp3) is 0.375. The maximum absolute atomic E-state index is 5.40. The number of hydrogen-bond donors (Lipinski definition) is 1. The zero-order chi connectivity index (χ0) is 8.27. The first-order valence-corrected chi connectivity index (χ1v) is 4.37. The van der Waals surface area contributed by atoms with Gasteiger partial charge >= 0.3 is 0 Å². The van der Waals surface area contributed by atoms with E-state index in [1.165, 1.54) is 10.4 Å². The van der Waals surface area contributed by atoms with Crippen LogP contribution in [0.15, 0.2) is 16.4 Å². The van der Waals surface area contributed by atoms with Gasteiger partial charge in [0, 0.05) is 4.88 Å². The molecular formula is C8H12N2S. The average Bonchev–Trinajstić information content (AvgIpc) is 2.31. The normalized spacial score (nSPS) is 12.0. The molecular weight excluding hydrogens is 156 g/mol. The molecule has 0 aliphatic carbocycles. The monoisotopic (exact) mass is 168 g/mol. The summed E-state index contributed by atoms with van der Waals surface area (Å²) in [5, 5.41) is 2.12. The fourth-order valence-corrected chi connectivity index (χ4v) is 1.57. The molecule has 0 radical (unpaired) electrons. The average molecular weight is 168 g/mol. The van der Waals surface area contributed by atoms with E-state index in [0.29, 0.717) is 5.84 Å². The standard InChI is InChI=1S/C8H12N2S/c1-6-3-8(11-5-6)4-10-7(2)9/h3,5H,4H2,1-2H3,(H2,9,10). The van der Waals surface area contributed by atoms with Crippen molar-refractivity contribution in [2.45, 2.75) is 20.4 Å². The Kier molecular flexibility index (Phi) is 2.65. The van der Waals surface area contributed by atoms with Crippen LogP contribution in [-0.2, 0) is 6.54 Å². The topological polar surface area (TPSA) is 38.4 Å². The summed E-state index contributed by atoms with van der Waals surface area (Å²) in [4.78, 5) is 5.38. The molecule has 0 bridgehead atoms. The number of nitrogens with zero attached hydrogens (tertiary/aromatic N) is 1. The Bertz CT molecular complexity index is 259. The summed E-state index contributed by atoms with van der Waals surface area (Å²) in [5.41, 5.74) is 6.70. The maximum atomic E-state index is 5.40. The van der Waals surface area contributed by atoms with Gasteiger partial charge in [0.25, 0.3) is 0 Å². The second-order valence-corrected chi connectivity index (χ2v) is 3.54. The number of thiophene rings is 1. The highest BCUT2D eigenvalue weighted by molar-refractivity contribution is 7.10. The lowest BCUT2D eigenvalue weighted by Gasteiger charge is -1.89. The third kappa shape index (κ3) is 2.72. The van der Waals surface area contributed by atoms with Gasteiger partial charge in [0.15, 0.2) is 0 Å². The predicted octanol–water partition coefficient (Wildman–Crippen LogP) is 1.93. The molecule has 3 heteroatoms. The van der Waals surface area contributed by atoms with Gasteiger partial charge in [-0.1, -0.05) is 0 Å². The molecule has 1 heterocycles. The minimum Gasteiger partial charge on any atom is -0.388 e. The van der Waals surface area contributed by atoms with E-state index >= 15 is 0 Å². The molecule has 2 N–H and O–H groups in total. The van der Waals surface area contributed by atoms with E-state index in [9.17, 15) is 0 Å². The Morgan fingerprint density at radius 1 is 1.73 bits per heavy atom. The molecule has 11 heavy (non-hydrogen) atoms. The number of rotatable bonds is 2.